The molecule has 19 heavy (non-hydrogen) atoms. The number of hydrogen-bond acceptors (Lipinski definition) is 3. The lowest BCUT2D eigenvalue weighted by Crippen LogP contribution is -1.98. The normalized spacial score (nSPS) is 11.3. The first kappa shape index (κ1) is 11.6. The zero-order chi connectivity index (χ0) is 13.7. The van der Waals surface area contributed by atoms with Gasteiger partial charge < -0.3 is 15.4 Å². The molecule has 0 saturated heterocycles. The molecule has 0 bridgehead atoms. The van der Waals surface area contributed by atoms with Crippen LogP contribution in [0.15, 0.2) is 24.4 Å². The molecule has 0 atom stereocenters. The van der Waals surface area contributed by atoms with E-state index in [9.17, 15) is 5.11 Å². The molecule has 3 rings (SSSR count). The monoisotopic (exact) mass is 256 g/mol. The van der Waals surface area contributed by atoms with Crippen molar-refractivity contribution in [1.29, 1.82) is 0 Å². The molecule has 0 unspecified atom stereocenters. The average molecular weight is 256 g/mol. The smallest absolute Gasteiger partial charge is 0.139 e. The molecule has 0 spiro atoms. The van der Waals surface area contributed by atoms with Crippen molar-refractivity contribution in [3.63, 3.8) is 0 Å². The van der Waals surface area contributed by atoms with Crippen LogP contribution >= 0.6 is 0 Å². The molecular weight excluding hydrogens is 240 g/mol. The zero-order valence-corrected chi connectivity index (χ0v) is 11.2. The number of rotatable bonds is 1. The first-order valence-electron chi connectivity index (χ1n) is 6.07. The Hall–Kier alpha value is -2.43. The lowest BCUT2D eigenvalue weighted by Gasteiger charge is -2.05. The largest absolute Gasteiger partial charge is 0.506 e. The van der Waals surface area contributed by atoms with Crippen molar-refractivity contribution in [3.05, 3.63) is 30.1 Å². The third-order valence-corrected chi connectivity index (χ3v) is 3.69. The highest BCUT2D eigenvalue weighted by molar-refractivity contribution is 6.02. The molecule has 0 aliphatic carbocycles. The Balaban J connectivity index is 2.49. The van der Waals surface area contributed by atoms with Crippen molar-refractivity contribution < 1.29 is 5.11 Å². The van der Waals surface area contributed by atoms with Gasteiger partial charge in [0.05, 0.1) is 23.1 Å². The lowest BCUT2D eigenvalue weighted by molar-refractivity contribution is 0.478. The van der Waals surface area contributed by atoms with E-state index < -0.39 is 0 Å². The molecule has 2 aromatic heterocycles. The van der Waals surface area contributed by atoms with E-state index in [4.69, 9.17) is 5.73 Å². The maximum absolute atomic E-state index is 10.1. The summed E-state index contributed by atoms with van der Waals surface area (Å²) < 4.78 is 3.74. The topological polar surface area (TPSA) is 69.0 Å². The molecule has 0 amide bonds. The number of para-hydroxylation sites is 1. The van der Waals surface area contributed by atoms with Gasteiger partial charge in [0, 0.05) is 30.7 Å². The van der Waals surface area contributed by atoms with Gasteiger partial charge in [-0.2, -0.15) is 5.10 Å². The number of aromatic hydroxyl groups is 1. The summed E-state index contributed by atoms with van der Waals surface area (Å²) in [5.41, 5.74) is 10.4. The maximum atomic E-state index is 10.1. The first-order chi connectivity index (χ1) is 9.02. The molecular formula is C14H16N4O. The van der Waals surface area contributed by atoms with Crippen LogP contribution in [0.25, 0.3) is 22.2 Å². The van der Waals surface area contributed by atoms with Gasteiger partial charge in [-0.05, 0) is 13.0 Å². The Morgan fingerprint density at radius 1 is 1.26 bits per heavy atom. The highest BCUT2D eigenvalue weighted by Crippen LogP contribution is 2.39. The predicted octanol–water partition coefficient (Wildman–Crippen LogP) is 2.18. The number of nitrogens with zero attached hydrogens (tertiary/aromatic N) is 3. The molecule has 3 N–H and O–H groups in total. The van der Waals surface area contributed by atoms with Gasteiger partial charge in [-0.15, -0.1) is 0 Å². The van der Waals surface area contributed by atoms with Crippen LogP contribution in [0.3, 0.4) is 0 Å². The number of aryl methyl sites for hydroxylation is 2. The van der Waals surface area contributed by atoms with E-state index in [2.05, 4.69) is 5.10 Å². The van der Waals surface area contributed by atoms with E-state index in [1.807, 2.05) is 37.7 Å². The number of phenolic OH excluding ortho intramolecular Hbond substituents is 1. The van der Waals surface area contributed by atoms with Crippen LogP contribution in [-0.2, 0) is 14.1 Å². The summed E-state index contributed by atoms with van der Waals surface area (Å²) in [7, 11) is 3.81. The Morgan fingerprint density at radius 3 is 2.63 bits per heavy atom. The lowest BCUT2D eigenvalue weighted by atomic mass is 10.1. The van der Waals surface area contributed by atoms with Crippen LogP contribution in [-0.4, -0.2) is 19.5 Å². The maximum Gasteiger partial charge on any atom is 0.139 e. The van der Waals surface area contributed by atoms with Crippen LogP contribution in [0.1, 0.15) is 5.69 Å². The van der Waals surface area contributed by atoms with E-state index in [-0.39, 0.29) is 5.75 Å². The highest BCUT2D eigenvalue weighted by Gasteiger charge is 2.20. The molecule has 98 valence electrons. The molecule has 2 heterocycles. The minimum Gasteiger partial charge on any atom is -0.506 e. The van der Waals surface area contributed by atoms with E-state index in [1.165, 1.54) is 0 Å². The Kier molecular flexibility index (Phi) is 2.32. The second-order valence-corrected chi connectivity index (χ2v) is 4.76. The minimum atomic E-state index is 0.273. The van der Waals surface area contributed by atoms with Gasteiger partial charge in [-0.25, -0.2) is 0 Å². The summed E-state index contributed by atoms with van der Waals surface area (Å²) in [6, 6.07) is 5.52. The SMILES string of the molecule is Cc1c(-c2c(N)cnn2C)c2cccc(O)c2n1C. The molecule has 0 aliphatic rings. The van der Waals surface area contributed by atoms with Crippen molar-refractivity contribution in [1.82, 2.24) is 14.3 Å². The number of nitrogen functional groups attached to an aromatic ring is 1. The standard InChI is InChI=1S/C14H16N4O/c1-8-12(14-10(15)7-16-18(14)3)9-5-4-6-11(19)13(9)17(8)2/h4-7,19H,15H2,1-3H3. The van der Waals surface area contributed by atoms with E-state index in [1.54, 1.807) is 16.9 Å². The van der Waals surface area contributed by atoms with Gasteiger partial charge in [0.1, 0.15) is 5.75 Å². The van der Waals surface area contributed by atoms with Gasteiger partial charge >= 0.3 is 0 Å². The van der Waals surface area contributed by atoms with Gasteiger partial charge in [0.2, 0.25) is 0 Å². The van der Waals surface area contributed by atoms with Gasteiger partial charge in [0.25, 0.3) is 0 Å². The van der Waals surface area contributed by atoms with Crippen LogP contribution in [0.4, 0.5) is 5.69 Å². The Bertz CT molecular complexity index is 763. The number of phenols is 1. The second kappa shape index (κ2) is 3.78. The van der Waals surface area contributed by atoms with Gasteiger partial charge in [0.15, 0.2) is 0 Å². The first-order valence-corrected chi connectivity index (χ1v) is 6.07. The fourth-order valence-electron chi connectivity index (χ4n) is 2.68. The Morgan fingerprint density at radius 2 is 2.00 bits per heavy atom. The van der Waals surface area contributed by atoms with Gasteiger partial charge in [-0.1, -0.05) is 12.1 Å². The van der Waals surface area contributed by atoms with Crippen LogP contribution in [0.2, 0.25) is 0 Å². The van der Waals surface area contributed by atoms with Crippen molar-refractivity contribution in [2.24, 2.45) is 14.1 Å². The van der Waals surface area contributed by atoms with Crippen molar-refractivity contribution >= 4 is 16.6 Å². The summed E-state index contributed by atoms with van der Waals surface area (Å²) >= 11 is 0. The number of anilines is 1. The number of nitrogens with two attached hydrogens (primary N) is 1. The molecule has 0 saturated carbocycles. The predicted molar refractivity (Wildman–Crippen MR) is 75.9 cm³/mol. The number of benzene rings is 1. The summed E-state index contributed by atoms with van der Waals surface area (Å²) in [5, 5.41) is 15.2. The second-order valence-electron chi connectivity index (χ2n) is 4.76. The van der Waals surface area contributed by atoms with Crippen LogP contribution in [0.5, 0.6) is 5.75 Å². The molecule has 3 aromatic rings. The number of fused-ring (bicyclic) bond motifs is 1. The third kappa shape index (κ3) is 1.44. The molecule has 0 fully saturated rings. The number of aromatic nitrogens is 3. The molecule has 5 heteroatoms. The van der Waals surface area contributed by atoms with Crippen molar-refractivity contribution in [2.75, 3.05) is 5.73 Å². The molecule has 0 aliphatic heterocycles. The summed E-state index contributed by atoms with van der Waals surface area (Å²) in [6.45, 7) is 2.02. The fourth-order valence-corrected chi connectivity index (χ4v) is 2.68. The van der Waals surface area contributed by atoms with E-state index >= 15 is 0 Å². The molecule has 1 aromatic carbocycles. The highest BCUT2D eigenvalue weighted by atomic mass is 16.3. The summed E-state index contributed by atoms with van der Waals surface area (Å²) in [4.78, 5) is 0. The van der Waals surface area contributed by atoms with Gasteiger partial charge in [-0.3, -0.25) is 4.68 Å². The Labute approximate surface area is 110 Å². The average Bonchev–Trinajstić information content (AvgIpc) is 2.81. The third-order valence-electron chi connectivity index (χ3n) is 3.69. The van der Waals surface area contributed by atoms with E-state index in [0.717, 1.165) is 27.9 Å². The summed E-state index contributed by atoms with van der Waals surface area (Å²) in [5.74, 6) is 0.273. The number of hydrogen-bond donors (Lipinski definition) is 2. The molecule has 0 radical (unpaired) electrons. The van der Waals surface area contributed by atoms with Crippen molar-refractivity contribution in [2.45, 2.75) is 6.92 Å². The van der Waals surface area contributed by atoms with E-state index in [0.29, 0.717) is 5.69 Å². The van der Waals surface area contributed by atoms with Crippen LogP contribution < -0.4 is 5.73 Å². The minimum absolute atomic E-state index is 0.273. The quantitative estimate of drug-likeness (QED) is 0.701. The van der Waals surface area contributed by atoms with Crippen molar-refractivity contribution in [3.8, 4) is 17.0 Å². The van der Waals surface area contributed by atoms with Crippen LogP contribution in [0, 0.1) is 6.92 Å². The summed E-state index contributed by atoms with van der Waals surface area (Å²) in [6.07, 6.45) is 1.65. The molecule has 5 nitrogen and oxygen atoms in total. The zero-order valence-electron chi connectivity index (χ0n) is 11.2. The fraction of sp³-hybridized carbons (Fsp3) is 0.214.